The van der Waals surface area contributed by atoms with Crippen molar-refractivity contribution in [3.8, 4) is 11.8 Å². The van der Waals surface area contributed by atoms with Crippen LogP contribution in [0.1, 0.15) is 30.5 Å². The van der Waals surface area contributed by atoms with E-state index in [1.54, 1.807) is 0 Å². The number of alkyl halides is 3. The van der Waals surface area contributed by atoms with Gasteiger partial charge in [-0.2, -0.15) is 18.4 Å². The van der Waals surface area contributed by atoms with Gasteiger partial charge in [-0.1, -0.05) is 12.1 Å². The highest BCUT2D eigenvalue weighted by Crippen LogP contribution is 2.42. The standard InChI is InChI=1S/C20H14F3N3O4/c1-11(27)26-18(30)25(14-6-3-12(10-24)16(9-14)20(21,22)23)17(29)19(26,2)13-4-7-15(28)8-5-13/h3-9,28H,1-2H3. The lowest BCUT2D eigenvalue weighted by molar-refractivity contribution is -0.137. The quantitative estimate of drug-likeness (QED) is 0.754. The number of nitrogens with zero attached hydrogens (tertiary/aromatic N) is 3. The molecule has 154 valence electrons. The summed E-state index contributed by atoms with van der Waals surface area (Å²) in [6.45, 7) is 2.34. The molecule has 1 fully saturated rings. The summed E-state index contributed by atoms with van der Waals surface area (Å²) in [5.74, 6) is -1.87. The lowest BCUT2D eigenvalue weighted by Crippen LogP contribution is -2.46. The Morgan fingerprint density at radius 2 is 1.73 bits per heavy atom. The summed E-state index contributed by atoms with van der Waals surface area (Å²) < 4.78 is 40.0. The molecule has 2 aromatic carbocycles. The summed E-state index contributed by atoms with van der Waals surface area (Å²) in [5, 5.41) is 18.4. The van der Waals surface area contributed by atoms with Crippen molar-refractivity contribution >= 4 is 23.5 Å². The first-order valence-electron chi connectivity index (χ1n) is 8.53. The molecule has 0 aromatic heterocycles. The van der Waals surface area contributed by atoms with Crippen LogP contribution in [0.3, 0.4) is 0 Å². The molecule has 1 saturated heterocycles. The van der Waals surface area contributed by atoms with Crippen molar-refractivity contribution in [1.82, 2.24) is 4.90 Å². The summed E-state index contributed by atoms with van der Waals surface area (Å²) in [5.41, 5.74) is -4.07. The molecule has 0 spiro atoms. The molecule has 1 heterocycles. The van der Waals surface area contributed by atoms with Gasteiger partial charge >= 0.3 is 12.2 Å². The number of imide groups is 2. The fourth-order valence-corrected chi connectivity index (χ4v) is 3.41. The van der Waals surface area contributed by atoms with E-state index in [9.17, 15) is 32.7 Å². The Hall–Kier alpha value is -3.87. The molecular weight excluding hydrogens is 403 g/mol. The van der Waals surface area contributed by atoms with E-state index in [1.165, 1.54) is 37.3 Å². The van der Waals surface area contributed by atoms with Gasteiger partial charge < -0.3 is 5.11 Å². The number of carbonyl (C=O) groups excluding carboxylic acids is 3. The smallest absolute Gasteiger partial charge is 0.417 e. The Morgan fingerprint density at radius 3 is 2.23 bits per heavy atom. The zero-order valence-corrected chi connectivity index (χ0v) is 15.7. The van der Waals surface area contributed by atoms with Gasteiger partial charge in [-0.15, -0.1) is 0 Å². The summed E-state index contributed by atoms with van der Waals surface area (Å²) in [7, 11) is 0. The largest absolute Gasteiger partial charge is 0.508 e. The lowest BCUT2D eigenvalue weighted by atomic mass is 9.90. The first kappa shape index (κ1) is 20.9. The van der Waals surface area contributed by atoms with Gasteiger partial charge in [0.2, 0.25) is 5.91 Å². The van der Waals surface area contributed by atoms with Gasteiger partial charge in [0.15, 0.2) is 5.54 Å². The number of urea groups is 1. The topological polar surface area (TPSA) is 102 Å². The number of anilines is 1. The van der Waals surface area contributed by atoms with E-state index in [1.807, 2.05) is 0 Å². The Balaban J connectivity index is 2.20. The van der Waals surface area contributed by atoms with Crippen LogP contribution < -0.4 is 4.90 Å². The molecule has 2 aromatic rings. The van der Waals surface area contributed by atoms with Crippen LogP contribution in [-0.4, -0.2) is 27.9 Å². The van der Waals surface area contributed by atoms with E-state index in [4.69, 9.17) is 5.26 Å². The molecule has 10 heteroatoms. The van der Waals surface area contributed by atoms with Crippen LogP contribution >= 0.6 is 0 Å². The Labute approximate surface area is 168 Å². The number of hydrogen-bond donors (Lipinski definition) is 1. The predicted octanol–water partition coefficient (Wildman–Crippen LogP) is 3.51. The monoisotopic (exact) mass is 417 g/mol. The summed E-state index contributed by atoms with van der Waals surface area (Å²) in [6, 6.07) is 7.88. The minimum Gasteiger partial charge on any atom is -0.508 e. The van der Waals surface area contributed by atoms with Crippen LogP contribution in [0.25, 0.3) is 0 Å². The van der Waals surface area contributed by atoms with Gasteiger partial charge in [0.1, 0.15) is 5.75 Å². The van der Waals surface area contributed by atoms with Crippen LogP contribution in [0.15, 0.2) is 42.5 Å². The van der Waals surface area contributed by atoms with Crippen molar-refractivity contribution in [3.05, 3.63) is 59.2 Å². The number of benzene rings is 2. The molecule has 1 atom stereocenters. The maximum Gasteiger partial charge on any atom is 0.417 e. The van der Waals surface area contributed by atoms with Crippen molar-refractivity contribution in [2.45, 2.75) is 25.6 Å². The Bertz CT molecular complexity index is 1110. The van der Waals surface area contributed by atoms with Crippen LogP contribution in [0.2, 0.25) is 0 Å². The second-order valence-corrected chi connectivity index (χ2v) is 6.74. The number of nitriles is 1. The molecule has 0 bridgehead atoms. The molecule has 1 aliphatic rings. The highest BCUT2D eigenvalue weighted by atomic mass is 19.4. The first-order valence-corrected chi connectivity index (χ1v) is 8.53. The van der Waals surface area contributed by atoms with E-state index in [0.717, 1.165) is 19.1 Å². The second-order valence-electron chi connectivity index (χ2n) is 6.74. The zero-order chi connectivity index (χ0) is 22.4. The first-order chi connectivity index (χ1) is 13.9. The van der Waals surface area contributed by atoms with Gasteiger partial charge in [-0.05, 0) is 42.8 Å². The summed E-state index contributed by atoms with van der Waals surface area (Å²) in [6.07, 6.45) is -4.90. The molecule has 3 rings (SSSR count). The van der Waals surface area contributed by atoms with Crippen LogP contribution in [0.4, 0.5) is 23.7 Å². The minimum absolute atomic E-state index is 0.118. The van der Waals surface area contributed by atoms with E-state index in [0.29, 0.717) is 15.9 Å². The fourth-order valence-electron chi connectivity index (χ4n) is 3.41. The highest BCUT2D eigenvalue weighted by molar-refractivity contribution is 6.27. The number of rotatable bonds is 2. The number of carbonyl (C=O) groups is 3. The Morgan fingerprint density at radius 1 is 1.13 bits per heavy atom. The summed E-state index contributed by atoms with van der Waals surface area (Å²) >= 11 is 0. The molecule has 0 radical (unpaired) electrons. The zero-order valence-electron chi connectivity index (χ0n) is 15.7. The number of hydrogen-bond acceptors (Lipinski definition) is 5. The van der Waals surface area contributed by atoms with Crippen LogP contribution in [-0.2, 0) is 21.3 Å². The molecule has 4 amide bonds. The average molecular weight is 417 g/mol. The van der Waals surface area contributed by atoms with E-state index < -0.39 is 46.4 Å². The SMILES string of the molecule is CC(=O)N1C(=O)N(c2ccc(C#N)c(C(F)(F)F)c2)C(=O)C1(C)c1ccc(O)cc1. The van der Waals surface area contributed by atoms with Crippen LogP contribution in [0.5, 0.6) is 5.75 Å². The molecule has 1 N–H and O–H groups in total. The van der Waals surface area contributed by atoms with Crippen molar-refractivity contribution in [2.75, 3.05) is 4.90 Å². The molecular formula is C20H14F3N3O4. The van der Waals surface area contributed by atoms with E-state index in [-0.39, 0.29) is 11.3 Å². The normalized spacial score (nSPS) is 19.2. The minimum atomic E-state index is -4.90. The predicted molar refractivity (Wildman–Crippen MR) is 97.0 cm³/mol. The van der Waals surface area contributed by atoms with E-state index >= 15 is 0 Å². The molecule has 1 unspecified atom stereocenters. The maximum atomic E-state index is 13.3. The number of halogens is 3. The average Bonchev–Trinajstić information content (AvgIpc) is 2.87. The van der Waals surface area contributed by atoms with Crippen LogP contribution in [0, 0.1) is 11.3 Å². The van der Waals surface area contributed by atoms with Gasteiger partial charge in [0, 0.05) is 6.92 Å². The third kappa shape index (κ3) is 3.04. The molecule has 1 aliphatic heterocycles. The van der Waals surface area contributed by atoms with Crippen molar-refractivity contribution in [1.29, 1.82) is 5.26 Å². The van der Waals surface area contributed by atoms with Gasteiger partial charge in [-0.25, -0.2) is 14.6 Å². The van der Waals surface area contributed by atoms with Crippen molar-refractivity contribution in [3.63, 3.8) is 0 Å². The number of phenolic OH excluding ortho intramolecular Hbond substituents is 1. The summed E-state index contributed by atoms with van der Waals surface area (Å²) in [4.78, 5) is 39.5. The third-order valence-electron chi connectivity index (χ3n) is 4.88. The van der Waals surface area contributed by atoms with Gasteiger partial charge in [0.05, 0.1) is 22.9 Å². The van der Waals surface area contributed by atoms with Gasteiger partial charge in [0.25, 0.3) is 5.91 Å². The molecule has 0 saturated carbocycles. The highest BCUT2D eigenvalue weighted by Gasteiger charge is 2.58. The number of phenols is 1. The van der Waals surface area contributed by atoms with E-state index in [2.05, 4.69) is 0 Å². The Kier molecular flexibility index (Phi) is 4.78. The number of amides is 4. The molecule has 30 heavy (non-hydrogen) atoms. The van der Waals surface area contributed by atoms with Crippen molar-refractivity contribution in [2.24, 2.45) is 0 Å². The molecule has 0 aliphatic carbocycles. The lowest BCUT2D eigenvalue weighted by Gasteiger charge is -2.29. The molecule has 7 nitrogen and oxygen atoms in total. The van der Waals surface area contributed by atoms with Crippen molar-refractivity contribution < 1.29 is 32.7 Å². The van der Waals surface area contributed by atoms with Gasteiger partial charge in [-0.3, -0.25) is 9.59 Å². The number of aromatic hydroxyl groups is 1. The fraction of sp³-hybridized carbons (Fsp3) is 0.200. The second kappa shape index (κ2) is 6.88. The third-order valence-corrected chi connectivity index (χ3v) is 4.88. The maximum absolute atomic E-state index is 13.3.